The van der Waals surface area contributed by atoms with E-state index in [1.54, 1.807) is 24.5 Å². The molecule has 1 saturated heterocycles. The molecule has 0 unspecified atom stereocenters. The minimum Gasteiger partial charge on any atom is -0.346 e. The summed E-state index contributed by atoms with van der Waals surface area (Å²) in [5.41, 5.74) is 3.49. The first-order valence-electron chi connectivity index (χ1n) is 9.57. The molecule has 6 nitrogen and oxygen atoms in total. The van der Waals surface area contributed by atoms with Gasteiger partial charge in [-0.3, -0.25) is 14.6 Å². The van der Waals surface area contributed by atoms with E-state index in [-0.39, 0.29) is 11.8 Å². The van der Waals surface area contributed by atoms with Crippen molar-refractivity contribution in [2.24, 2.45) is 0 Å². The summed E-state index contributed by atoms with van der Waals surface area (Å²) in [7, 11) is 0. The highest BCUT2D eigenvalue weighted by atomic mass is 16.2. The molecule has 0 spiro atoms. The van der Waals surface area contributed by atoms with E-state index in [0.717, 1.165) is 23.4 Å². The van der Waals surface area contributed by atoms with Gasteiger partial charge in [0.2, 0.25) is 0 Å². The first-order valence-corrected chi connectivity index (χ1v) is 9.57. The average Bonchev–Trinajstić information content (AvgIpc) is 2.83. The molecule has 3 heterocycles. The zero-order valence-corrected chi connectivity index (χ0v) is 16.6. The van der Waals surface area contributed by atoms with Gasteiger partial charge in [-0.15, -0.1) is 0 Å². The molecule has 2 aromatic rings. The van der Waals surface area contributed by atoms with Gasteiger partial charge < -0.3 is 14.4 Å². The third-order valence-electron chi connectivity index (χ3n) is 5.21. The molecule has 0 aromatic carbocycles. The molecule has 6 heteroatoms. The molecule has 0 atom stereocenters. The number of hydrogen-bond donors (Lipinski definition) is 0. The number of rotatable bonds is 3. The Kier molecular flexibility index (Phi) is 5.63. The van der Waals surface area contributed by atoms with Crippen molar-refractivity contribution in [2.45, 2.75) is 40.2 Å². The van der Waals surface area contributed by atoms with Crippen molar-refractivity contribution in [3.8, 4) is 0 Å². The van der Waals surface area contributed by atoms with Crippen LogP contribution in [0.4, 0.5) is 0 Å². The number of carbonyl (C=O) groups is 2. The molecule has 1 aliphatic heterocycles. The highest BCUT2D eigenvalue weighted by Gasteiger charge is 2.26. The van der Waals surface area contributed by atoms with Gasteiger partial charge in [-0.25, -0.2) is 0 Å². The molecule has 144 valence electrons. The second-order valence-corrected chi connectivity index (χ2v) is 7.43. The fourth-order valence-corrected chi connectivity index (χ4v) is 3.95. The Morgan fingerprint density at radius 3 is 2.26 bits per heavy atom. The van der Waals surface area contributed by atoms with Crippen molar-refractivity contribution >= 4 is 11.8 Å². The molecule has 0 N–H and O–H groups in total. The van der Waals surface area contributed by atoms with Crippen LogP contribution in [0.25, 0.3) is 0 Å². The predicted octanol–water partition coefficient (Wildman–Crippen LogP) is 3.07. The minimum absolute atomic E-state index is 0.0182. The summed E-state index contributed by atoms with van der Waals surface area (Å²) < 4.78 is 2.20. The van der Waals surface area contributed by atoms with E-state index in [2.05, 4.69) is 23.4 Å². The molecular formula is C21H28N4O2. The van der Waals surface area contributed by atoms with Crippen LogP contribution in [0.1, 0.15) is 58.4 Å². The van der Waals surface area contributed by atoms with Crippen molar-refractivity contribution in [2.75, 3.05) is 26.2 Å². The summed E-state index contributed by atoms with van der Waals surface area (Å²) in [5.74, 6) is 0.0426. The predicted molar refractivity (Wildman–Crippen MR) is 105 cm³/mol. The lowest BCUT2D eigenvalue weighted by Gasteiger charge is -2.22. The van der Waals surface area contributed by atoms with Gasteiger partial charge in [0, 0.05) is 56.0 Å². The summed E-state index contributed by atoms with van der Waals surface area (Å²) in [4.78, 5) is 33.5. The van der Waals surface area contributed by atoms with Crippen LogP contribution in [0.3, 0.4) is 0 Å². The summed E-state index contributed by atoms with van der Waals surface area (Å²) in [6, 6.07) is 5.86. The lowest BCUT2D eigenvalue weighted by Crippen LogP contribution is -2.37. The Morgan fingerprint density at radius 2 is 1.70 bits per heavy atom. The van der Waals surface area contributed by atoms with Crippen molar-refractivity contribution in [3.63, 3.8) is 0 Å². The topological polar surface area (TPSA) is 58.4 Å². The number of nitrogens with zero attached hydrogens (tertiary/aromatic N) is 4. The quantitative estimate of drug-likeness (QED) is 0.837. The van der Waals surface area contributed by atoms with Gasteiger partial charge >= 0.3 is 0 Å². The number of pyridine rings is 1. The fourth-order valence-electron chi connectivity index (χ4n) is 3.95. The maximum Gasteiger partial charge on any atom is 0.255 e. The molecule has 0 bridgehead atoms. The van der Waals surface area contributed by atoms with Crippen LogP contribution < -0.4 is 0 Å². The molecule has 2 amide bonds. The minimum atomic E-state index is -0.0182. The molecule has 27 heavy (non-hydrogen) atoms. The second kappa shape index (κ2) is 7.94. The molecule has 0 aliphatic carbocycles. The maximum absolute atomic E-state index is 13.1. The number of carbonyl (C=O) groups excluding carboxylic acids is 2. The van der Waals surface area contributed by atoms with E-state index in [1.807, 2.05) is 29.7 Å². The highest BCUT2D eigenvalue weighted by Crippen LogP contribution is 2.22. The Morgan fingerprint density at radius 1 is 1.04 bits per heavy atom. The zero-order valence-electron chi connectivity index (χ0n) is 16.6. The first kappa shape index (κ1) is 19.1. The zero-order chi connectivity index (χ0) is 19.6. The van der Waals surface area contributed by atoms with Crippen molar-refractivity contribution in [1.82, 2.24) is 19.4 Å². The van der Waals surface area contributed by atoms with E-state index in [0.29, 0.717) is 37.8 Å². The van der Waals surface area contributed by atoms with Crippen LogP contribution in [-0.4, -0.2) is 57.3 Å². The van der Waals surface area contributed by atoms with E-state index < -0.39 is 0 Å². The van der Waals surface area contributed by atoms with Crippen LogP contribution in [0, 0.1) is 13.8 Å². The first-order chi connectivity index (χ1) is 12.9. The van der Waals surface area contributed by atoms with Crippen LogP contribution in [0.2, 0.25) is 0 Å². The number of aromatic nitrogens is 2. The third-order valence-corrected chi connectivity index (χ3v) is 5.21. The normalized spacial score (nSPS) is 15.1. The molecule has 1 fully saturated rings. The van der Waals surface area contributed by atoms with Crippen LogP contribution >= 0.6 is 0 Å². The van der Waals surface area contributed by atoms with Crippen LogP contribution in [0.15, 0.2) is 30.6 Å². The van der Waals surface area contributed by atoms with Gasteiger partial charge in [0.05, 0.1) is 11.1 Å². The summed E-state index contributed by atoms with van der Waals surface area (Å²) >= 11 is 0. The molecule has 3 rings (SSSR count). The molecule has 0 radical (unpaired) electrons. The van der Waals surface area contributed by atoms with E-state index in [4.69, 9.17) is 0 Å². The van der Waals surface area contributed by atoms with Gasteiger partial charge in [-0.05, 0) is 52.3 Å². The van der Waals surface area contributed by atoms with Gasteiger partial charge in [0.25, 0.3) is 11.8 Å². The summed E-state index contributed by atoms with van der Waals surface area (Å²) in [5, 5.41) is 0. The maximum atomic E-state index is 13.1. The smallest absolute Gasteiger partial charge is 0.255 e. The van der Waals surface area contributed by atoms with Gasteiger partial charge in [0.15, 0.2) is 0 Å². The average molecular weight is 368 g/mol. The van der Waals surface area contributed by atoms with Gasteiger partial charge in [-0.1, -0.05) is 0 Å². The Bertz CT molecular complexity index is 826. The van der Waals surface area contributed by atoms with Crippen molar-refractivity contribution in [1.29, 1.82) is 0 Å². The van der Waals surface area contributed by atoms with Gasteiger partial charge in [0.1, 0.15) is 0 Å². The van der Waals surface area contributed by atoms with Gasteiger partial charge in [-0.2, -0.15) is 0 Å². The SMILES string of the molecule is Cc1cc(C(=O)N2CCCN(C(=O)c3cccnc3)CC2)c(C)n1C(C)C. The van der Waals surface area contributed by atoms with Crippen molar-refractivity contribution < 1.29 is 9.59 Å². The Balaban J connectivity index is 1.72. The highest BCUT2D eigenvalue weighted by molar-refractivity contribution is 5.96. The fraction of sp³-hybridized carbons (Fsp3) is 0.476. The van der Waals surface area contributed by atoms with Crippen LogP contribution in [0.5, 0.6) is 0 Å². The molecular weight excluding hydrogens is 340 g/mol. The van der Waals surface area contributed by atoms with E-state index in [9.17, 15) is 9.59 Å². The van der Waals surface area contributed by atoms with E-state index >= 15 is 0 Å². The molecule has 2 aromatic heterocycles. The summed E-state index contributed by atoms with van der Waals surface area (Å²) in [6.45, 7) is 10.7. The molecule has 1 aliphatic rings. The molecule has 0 saturated carbocycles. The number of amides is 2. The lowest BCUT2D eigenvalue weighted by atomic mass is 10.2. The third kappa shape index (κ3) is 3.89. The Labute approximate surface area is 160 Å². The van der Waals surface area contributed by atoms with Crippen molar-refractivity contribution in [3.05, 3.63) is 53.1 Å². The number of hydrogen-bond acceptors (Lipinski definition) is 3. The standard InChI is InChI=1S/C21H28N4O2/c1-15(2)25-16(3)13-19(17(25)4)21(27)24-10-6-9-23(11-12-24)20(26)18-7-5-8-22-14-18/h5,7-8,13-15H,6,9-12H2,1-4H3. The Hall–Kier alpha value is -2.63. The lowest BCUT2D eigenvalue weighted by molar-refractivity contribution is 0.0718. The van der Waals surface area contributed by atoms with Crippen LogP contribution in [-0.2, 0) is 0 Å². The second-order valence-electron chi connectivity index (χ2n) is 7.43. The monoisotopic (exact) mass is 368 g/mol. The largest absolute Gasteiger partial charge is 0.346 e. The summed E-state index contributed by atoms with van der Waals surface area (Å²) in [6.07, 6.45) is 4.03. The van der Waals surface area contributed by atoms with E-state index in [1.165, 1.54) is 0 Å². The number of aryl methyl sites for hydroxylation is 1.